The summed E-state index contributed by atoms with van der Waals surface area (Å²) in [4.78, 5) is 0. The highest BCUT2D eigenvalue weighted by Crippen LogP contribution is 2.42. The molecule has 52 heavy (non-hydrogen) atoms. The Kier molecular flexibility index (Phi) is 6.35. The third kappa shape index (κ3) is 4.48. The SMILES string of the molecule is c1ccc(-c2cccc(-c3cc4c5c(c3)-c3ccccc3OB5c3cc(-c5cccc(-n6c7ccccc7c7ccccc76)c5)ccc3O4)c2)cc1. The molecule has 0 atom stereocenters. The molecule has 0 saturated heterocycles. The lowest BCUT2D eigenvalue weighted by Crippen LogP contribution is -2.53. The van der Waals surface area contributed by atoms with Gasteiger partial charge in [-0.15, -0.1) is 0 Å². The molecule has 0 amide bonds. The minimum atomic E-state index is -0.297. The number of hydrogen-bond donors (Lipinski definition) is 0. The molecule has 0 spiro atoms. The van der Waals surface area contributed by atoms with Crippen LogP contribution in [-0.4, -0.2) is 11.5 Å². The molecule has 9 aromatic rings. The number of ether oxygens (including phenoxy) is 1. The highest BCUT2D eigenvalue weighted by molar-refractivity contribution is 6.84. The lowest BCUT2D eigenvalue weighted by atomic mass is 9.50. The molecular formula is C48H30BNO2. The van der Waals surface area contributed by atoms with Crippen molar-refractivity contribution in [3.63, 3.8) is 0 Å². The van der Waals surface area contributed by atoms with Crippen LogP contribution in [0.1, 0.15) is 0 Å². The number of nitrogens with zero attached hydrogens (tertiary/aromatic N) is 1. The Labute approximate surface area is 302 Å². The van der Waals surface area contributed by atoms with Crippen LogP contribution in [0.4, 0.5) is 0 Å². The predicted molar refractivity (Wildman–Crippen MR) is 215 cm³/mol. The second-order valence-electron chi connectivity index (χ2n) is 13.7. The number of hydrogen-bond acceptors (Lipinski definition) is 2. The maximum Gasteiger partial charge on any atom is 0.434 e. The van der Waals surface area contributed by atoms with Crippen LogP contribution in [-0.2, 0) is 0 Å². The summed E-state index contributed by atoms with van der Waals surface area (Å²) in [6, 6.07) is 64.8. The topological polar surface area (TPSA) is 23.4 Å². The van der Waals surface area contributed by atoms with Gasteiger partial charge in [-0.1, -0.05) is 127 Å². The summed E-state index contributed by atoms with van der Waals surface area (Å²) in [6.07, 6.45) is 0. The minimum Gasteiger partial charge on any atom is -0.551 e. The first-order valence-corrected chi connectivity index (χ1v) is 17.8. The van der Waals surface area contributed by atoms with Crippen molar-refractivity contribution in [1.29, 1.82) is 0 Å². The first-order chi connectivity index (χ1) is 25.8. The van der Waals surface area contributed by atoms with Crippen LogP contribution >= 0.6 is 0 Å². The van der Waals surface area contributed by atoms with Crippen molar-refractivity contribution in [2.75, 3.05) is 0 Å². The maximum absolute atomic E-state index is 6.87. The van der Waals surface area contributed by atoms with Gasteiger partial charge in [-0.3, -0.25) is 0 Å². The van der Waals surface area contributed by atoms with Gasteiger partial charge >= 0.3 is 6.92 Å². The quantitative estimate of drug-likeness (QED) is 0.175. The molecule has 11 rings (SSSR count). The summed E-state index contributed by atoms with van der Waals surface area (Å²) < 4.78 is 16.0. The Bertz CT molecular complexity index is 2820. The van der Waals surface area contributed by atoms with Crippen molar-refractivity contribution in [1.82, 2.24) is 4.57 Å². The molecule has 242 valence electrons. The third-order valence-corrected chi connectivity index (χ3v) is 10.7. The van der Waals surface area contributed by atoms with Gasteiger partial charge in [0.1, 0.15) is 17.2 Å². The Hall–Kier alpha value is -6.78. The zero-order valence-corrected chi connectivity index (χ0v) is 28.2. The second kappa shape index (κ2) is 11.4. The molecule has 0 fully saturated rings. The number of para-hydroxylation sites is 3. The molecule has 0 radical (unpaired) electrons. The number of fused-ring (bicyclic) bond motifs is 7. The fourth-order valence-electron chi connectivity index (χ4n) is 8.25. The van der Waals surface area contributed by atoms with E-state index in [1.165, 1.54) is 32.9 Å². The van der Waals surface area contributed by atoms with Crippen LogP contribution in [0.5, 0.6) is 17.2 Å². The molecule has 3 nitrogen and oxygen atoms in total. The van der Waals surface area contributed by atoms with Crippen LogP contribution in [0.15, 0.2) is 182 Å². The summed E-state index contributed by atoms with van der Waals surface area (Å²) in [6.45, 7) is -0.297. The fraction of sp³-hybridized carbons (Fsp3) is 0. The average Bonchev–Trinajstić information content (AvgIpc) is 3.55. The average molecular weight is 664 g/mol. The van der Waals surface area contributed by atoms with Crippen molar-refractivity contribution < 1.29 is 9.39 Å². The lowest BCUT2D eigenvalue weighted by molar-refractivity contribution is 0.479. The Morgan fingerprint density at radius 3 is 1.83 bits per heavy atom. The highest BCUT2D eigenvalue weighted by atomic mass is 16.5. The normalized spacial score (nSPS) is 12.5. The first-order valence-electron chi connectivity index (χ1n) is 17.8. The molecular weight excluding hydrogens is 633 g/mol. The molecule has 0 saturated carbocycles. The Balaban J connectivity index is 1.03. The van der Waals surface area contributed by atoms with E-state index in [4.69, 9.17) is 9.39 Å². The van der Waals surface area contributed by atoms with E-state index in [2.05, 4.69) is 187 Å². The van der Waals surface area contributed by atoms with E-state index in [0.717, 1.165) is 67.2 Å². The monoisotopic (exact) mass is 663 g/mol. The molecule has 0 aliphatic carbocycles. The molecule has 0 unspecified atom stereocenters. The number of benzene rings is 8. The van der Waals surface area contributed by atoms with E-state index in [1.54, 1.807) is 0 Å². The standard InChI is InChI=1S/C48H30BNO2/c1-2-12-31(13-3-1)32-14-10-15-33(26-32)36-28-41-40-20-6-9-23-45(40)52-49-42-29-35(24-25-46(42)51-47(30-36)48(41)49)34-16-11-17-37(27-34)50-43-21-7-4-18-38(43)39-19-5-8-22-44(39)50/h1-30H. The van der Waals surface area contributed by atoms with E-state index in [9.17, 15) is 0 Å². The van der Waals surface area contributed by atoms with Crippen LogP contribution < -0.4 is 20.3 Å². The minimum absolute atomic E-state index is 0.297. The van der Waals surface area contributed by atoms with Crippen LogP contribution in [0.25, 0.3) is 72.0 Å². The van der Waals surface area contributed by atoms with Crippen LogP contribution in [0.3, 0.4) is 0 Å². The zero-order chi connectivity index (χ0) is 34.2. The molecule has 0 bridgehead atoms. The van der Waals surface area contributed by atoms with Crippen LogP contribution in [0.2, 0.25) is 0 Å². The molecule has 4 heteroatoms. The van der Waals surface area contributed by atoms with Crippen molar-refractivity contribution >= 4 is 39.6 Å². The summed E-state index contributed by atoms with van der Waals surface area (Å²) in [7, 11) is 0. The Morgan fingerprint density at radius 2 is 1.02 bits per heavy atom. The largest absolute Gasteiger partial charge is 0.551 e. The summed E-state index contributed by atoms with van der Waals surface area (Å²) >= 11 is 0. The van der Waals surface area contributed by atoms with Gasteiger partial charge in [0.2, 0.25) is 0 Å². The van der Waals surface area contributed by atoms with Crippen molar-refractivity contribution in [2.45, 2.75) is 0 Å². The number of aromatic nitrogens is 1. The van der Waals surface area contributed by atoms with E-state index < -0.39 is 0 Å². The van der Waals surface area contributed by atoms with Gasteiger partial charge in [-0.2, -0.15) is 0 Å². The molecule has 0 N–H and O–H groups in total. The smallest absolute Gasteiger partial charge is 0.434 e. The third-order valence-electron chi connectivity index (χ3n) is 10.7. The molecule has 3 heterocycles. The van der Waals surface area contributed by atoms with Crippen LogP contribution in [0, 0.1) is 0 Å². The van der Waals surface area contributed by atoms with E-state index in [-0.39, 0.29) is 6.92 Å². The maximum atomic E-state index is 6.87. The van der Waals surface area contributed by atoms with Crippen molar-refractivity contribution in [2.24, 2.45) is 0 Å². The summed E-state index contributed by atoms with van der Waals surface area (Å²) in [5.41, 5.74) is 14.8. The fourth-order valence-corrected chi connectivity index (χ4v) is 8.25. The zero-order valence-electron chi connectivity index (χ0n) is 28.2. The first kappa shape index (κ1) is 29.0. The molecule has 2 aliphatic rings. The van der Waals surface area contributed by atoms with Crippen molar-refractivity contribution in [3.8, 4) is 67.4 Å². The Morgan fingerprint density at radius 1 is 0.385 bits per heavy atom. The second-order valence-corrected chi connectivity index (χ2v) is 13.7. The van der Waals surface area contributed by atoms with E-state index in [0.29, 0.717) is 0 Å². The molecule has 1 aromatic heterocycles. The number of rotatable bonds is 4. The van der Waals surface area contributed by atoms with Gasteiger partial charge in [-0.05, 0) is 93.5 Å². The van der Waals surface area contributed by atoms with Gasteiger partial charge in [0.15, 0.2) is 0 Å². The lowest BCUT2D eigenvalue weighted by Gasteiger charge is -2.33. The molecule has 8 aromatic carbocycles. The highest BCUT2D eigenvalue weighted by Gasteiger charge is 2.41. The van der Waals surface area contributed by atoms with Gasteiger partial charge in [0, 0.05) is 32.9 Å². The van der Waals surface area contributed by atoms with Gasteiger partial charge < -0.3 is 14.0 Å². The van der Waals surface area contributed by atoms with Crippen molar-refractivity contribution in [3.05, 3.63) is 182 Å². The van der Waals surface area contributed by atoms with Gasteiger partial charge in [-0.25, -0.2) is 0 Å². The summed E-state index contributed by atoms with van der Waals surface area (Å²) in [5.74, 6) is 2.54. The predicted octanol–water partition coefficient (Wildman–Crippen LogP) is 11.1. The summed E-state index contributed by atoms with van der Waals surface area (Å²) in [5, 5.41) is 2.51. The van der Waals surface area contributed by atoms with Gasteiger partial charge in [0.05, 0.1) is 11.0 Å². The molecule has 2 aliphatic heterocycles. The van der Waals surface area contributed by atoms with Gasteiger partial charge in [0.25, 0.3) is 0 Å². The van der Waals surface area contributed by atoms with E-state index >= 15 is 0 Å². The van der Waals surface area contributed by atoms with E-state index in [1.807, 2.05) is 0 Å².